The standard InChI is InChI=1S/C22H15Br2N3O3/c1-30-19-9-13(7-8-18(19)28)12-25-27-21(14-5-3-2-4-6-14)26-20-16(22(27)29)10-15(23)11-17(20)24/h2-12,28H,1H3/b25-12+. The van der Waals surface area contributed by atoms with Crippen molar-refractivity contribution in [3.05, 3.63) is 85.5 Å². The first kappa shape index (κ1) is 20.3. The Bertz CT molecular complexity index is 1340. The number of phenolic OH excluding ortho intramolecular Hbond substituents is 1. The molecule has 0 unspecified atom stereocenters. The number of aromatic hydroxyl groups is 1. The zero-order valence-corrected chi connectivity index (χ0v) is 18.9. The Balaban J connectivity index is 1.95. The summed E-state index contributed by atoms with van der Waals surface area (Å²) in [6.45, 7) is 0. The maximum Gasteiger partial charge on any atom is 0.282 e. The zero-order chi connectivity index (χ0) is 21.3. The third-order valence-electron chi connectivity index (χ3n) is 4.43. The Morgan fingerprint density at radius 2 is 1.87 bits per heavy atom. The second-order valence-corrected chi connectivity index (χ2v) is 8.15. The second kappa shape index (κ2) is 8.41. The third kappa shape index (κ3) is 3.88. The number of rotatable bonds is 4. The summed E-state index contributed by atoms with van der Waals surface area (Å²) in [6.07, 6.45) is 1.52. The molecule has 0 aliphatic rings. The highest BCUT2D eigenvalue weighted by atomic mass is 79.9. The number of aromatic nitrogens is 2. The maximum atomic E-state index is 13.3. The summed E-state index contributed by atoms with van der Waals surface area (Å²) >= 11 is 6.92. The number of hydrogen-bond donors (Lipinski definition) is 1. The van der Waals surface area contributed by atoms with Crippen molar-refractivity contribution in [2.75, 3.05) is 7.11 Å². The van der Waals surface area contributed by atoms with E-state index in [-0.39, 0.29) is 11.3 Å². The Morgan fingerprint density at radius 1 is 1.10 bits per heavy atom. The number of ether oxygens (including phenoxy) is 1. The summed E-state index contributed by atoms with van der Waals surface area (Å²) in [7, 11) is 1.47. The van der Waals surface area contributed by atoms with Crippen LogP contribution >= 0.6 is 31.9 Å². The van der Waals surface area contributed by atoms with Crippen LogP contribution in [0.2, 0.25) is 0 Å². The molecule has 6 nitrogen and oxygen atoms in total. The van der Waals surface area contributed by atoms with Crippen LogP contribution in [0.15, 0.2) is 79.5 Å². The van der Waals surface area contributed by atoms with E-state index < -0.39 is 0 Å². The largest absolute Gasteiger partial charge is 0.504 e. The highest BCUT2D eigenvalue weighted by molar-refractivity contribution is 9.11. The topological polar surface area (TPSA) is 76.7 Å². The summed E-state index contributed by atoms with van der Waals surface area (Å²) in [5.74, 6) is 0.760. The molecule has 0 spiro atoms. The van der Waals surface area contributed by atoms with Gasteiger partial charge in [-0.1, -0.05) is 46.3 Å². The van der Waals surface area contributed by atoms with Gasteiger partial charge in [0.1, 0.15) is 0 Å². The van der Waals surface area contributed by atoms with Crippen LogP contribution < -0.4 is 10.3 Å². The highest BCUT2D eigenvalue weighted by Crippen LogP contribution is 2.28. The lowest BCUT2D eigenvalue weighted by molar-refractivity contribution is 0.373. The van der Waals surface area contributed by atoms with Crippen LogP contribution in [-0.2, 0) is 0 Å². The minimum atomic E-state index is -0.303. The molecule has 0 aliphatic carbocycles. The number of phenols is 1. The SMILES string of the molecule is COc1cc(/C=N/n2c(-c3ccccc3)nc3c(Br)cc(Br)cc3c2=O)ccc1O. The van der Waals surface area contributed by atoms with E-state index in [2.05, 4.69) is 37.0 Å². The molecule has 0 radical (unpaired) electrons. The van der Waals surface area contributed by atoms with Crippen molar-refractivity contribution >= 4 is 49.0 Å². The van der Waals surface area contributed by atoms with Crippen molar-refractivity contribution in [1.82, 2.24) is 9.66 Å². The molecule has 1 N–H and O–H groups in total. The van der Waals surface area contributed by atoms with Crippen LogP contribution in [0.4, 0.5) is 0 Å². The van der Waals surface area contributed by atoms with Gasteiger partial charge in [0.15, 0.2) is 17.3 Å². The fourth-order valence-corrected chi connectivity index (χ4v) is 4.30. The molecule has 30 heavy (non-hydrogen) atoms. The van der Waals surface area contributed by atoms with Gasteiger partial charge in [0.2, 0.25) is 0 Å². The molecule has 0 amide bonds. The fourth-order valence-electron chi connectivity index (χ4n) is 2.99. The van der Waals surface area contributed by atoms with Crippen molar-refractivity contribution < 1.29 is 9.84 Å². The van der Waals surface area contributed by atoms with E-state index in [1.807, 2.05) is 36.4 Å². The van der Waals surface area contributed by atoms with E-state index in [1.54, 1.807) is 18.2 Å². The molecule has 4 aromatic rings. The van der Waals surface area contributed by atoms with Gasteiger partial charge < -0.3 is 9.84 Å². The Kier molecular flexibility index (Phi) is 5.69. The molecule has 1 heterocycles. The van der Waals surface area contributed by atoms with Gasteiger partial charge in [-0.25, -0.2) is 4.98 Å². The summed E-state index contributed by atoms with van der Waals surface area (Å²) in [4.78, 5) is 18.1. The first-order valence-electron chi connectivity index (χ1n) is 8.86. The van der Waals surface area contributed by atoms with Gasteiger partial charge in [0.05, 0.1) is 24.2 Å². The Hall–Kier alpha value is -2.97. The lowest BCUT2D eigenvalue weighted by Crippen LogP contribution is -2.20. The molecule has 0 atom stereocenters. The normalized spacial score (nSPS) is 11.3. The maximum absolute atomic E-state index is 13.3. The zero-order valence-electron chi connectivity index (χ0n) is 15.7. The van der Waals surface area contributed by atoms with Crippen molar-refractivity contribution in [2.45, 2.75) is 0 Å². The molecular formula is C22H15Br2N3O3. The van der Waals surface area contributed by atoms with Gasteiger partial charge >= 0.3 is 0 Å². The van der Waals surface area contributed by atoms with Gasteiger partial charge in [0.25, 0.3) is 5.56 Å². The molecule has 3 aromatic carbocycles. The van der Waals surface area contributed by atoms with Crippen molar-refractivity contribution in [1.29, 1.82) is 0 Å². The molecule has 1 aromatic heterocycles. The average molecular weight is 529 g/mol. The van der Waals surface area contributed by atoms with E-state index in [4.69, 9.17) is 9.72 Å². The third-order valence-corrected chi connectivity index (χ3v) is 5.49. The first-order valence-corrected chi connectivity index (χ1v) is 10.4. The number of hydrogen-bond acceptors (Lipinski definition) is 5. The van der Waals surface area contributed by atoms with Crippen LogP contribution in [0, 0.1) is 0 Å². The summed E-state index contributed by atoms with van der Waals surface area (Å²) in [5.41, 5.74) is 1.67. The lowest BCUT2D eigenvalue weighted by atomic mass is 10.2. The van der Waals surface area contributed by atoms with Gasteiger partial charge in [-0.2, -0.15) is 9.78 Å². The molecular weight excluding hydrogens is 514 g/mol. The van der Waals surface area contributed by atoms with E-state index in [0.717, 1.165) is 10.0 Å². The smallest absolute Gasteiger partial charge is 0.282 e. The predicted octanol–water partition coefficient (Wildman–Crippen LogP) is 5.18. The minimum Gasteiger partial charge on any atom is -0.504 e. The van der Waals surface area contributed by atoms with Crippen LogP contribution in [0.1, 0.15) is 5.56 Å². The van der Waals surface area contributed by atoms with E-state index in [1.165, 1.54) is 24.1 Å². The molecule has 8 heteroatoms. The molecule has 0 saturated heterocycles. The van der Waals surface area contributed by atoms with Crippen molar-refractivity contribution in [3.8, 4) is 22.9 Å². The van der Waals surface area contributed by atoms with Crippen LogP contribution in [0.3, 0.4) is 0 Å². The van der Waals surface area contributed by atoms with E-state index in [9.17, 15) is 9.90 Å². The molecule has 4 rings (SSSR count). The van der Waals surface area contributed by atoms with Crippen molar-refractivity contribution in [3.63, 3.8) is 0 Å². The first-order chi connectivity index (χ1) is 14.5. The number of halogens is 2. The summed E-state index contributed by atoms with van der Waals surface area (Å²) in [5, 5.41) is 14.6. The van der Waals surface area contributed by atoms with Gasteiger partial charge in [-0.05, 0) is 51.8 Å². The van der Waals surface area contributed by atoms with Crippen LogP contribution in [-0.4, -0.2) is 28.1 Å². The predicted molar refractivity (Wildman–Crippen MR) is 124 cm³/mol. The Morgan fingerprint density at radius 3 is 2.60 bits per heavy atom. The summed E-state index contributed by atoms with van der Waals surface area (Å²) < 4.78 is 7.87. The van der Waals surface area contributed by atoms with Crippen LogP contribution in [0.25, 0.3) is 22.3 Å². The molecule has 0 aliphatic heterocycles. The van der Waals surface area contributed by atoms with Crippen molar-refractivity contribution in [2.24, 2.45) is 5.10 Å². The molecule has 0 bridgehead atoms. The second-order valence-electron chi connectivity index (χ2n) is 6.38. The molecule has 0 fully saturated rings. The molecule has 0 saturated carbocycles. The average Bonchev–Trinajstić information content (AvgIpc) is 2.75. The number of benzene rings is 3. The lowest BCUT2D eigenvalue weighted by Gasteiger charge is -2.11. The molecule has 150 valence electrons. The van der Waals surface area contributed by atoms with Crippen LogP contribution in [0.5, 0.6) is 11.5 Å². The fraction of sp³-hybridized carbons (Fsp3) is 0.0455. The summed E-state index contributed by atoms with van der Waals surface area (Å²) in [6, 6.07) is 17.8. The number of fused-ring (bicyclic) bond motifs is 1. The number of nitrogens with zero attached hydrogens (tertiary/aromatic N) is 3. The van der Waals surface area contributed by atoms with E-state index >= 15 is 0 Å². The quantitative estimate of drug-likeness (QED) is 0.370. The Labute approximate surface area is 188 Å². The van der Waals surface area contributed by atoms with Gasteiger partial charge in [-0.3, -0.25) is 4.79 Å². The van der Waals surface area contributed by atoms with Gasteiger partial charge in [-0.15, -0.1) is 0 Å². The number of methoxy groups -OCH3 is 1. The van der Waals surface area contributed by atoms with Gasteiger partial charge in [0, 0.05) is 14.5 Å². The minimum absolute atomic E-state index is 0.0267. The highest BCUT2D eigenvalue weighted by Gasteiger charge is 2.15. The van der Waals surface area contributed by atoms with E-state index in [0.29, 0.717) is 32.5 Å². The monoisotopic (exact) mass is 527 g/mol.